The molecule has 0 bridgehead atoms. The Balaban J connectivity index is 1.43. The lowest BCUT2D eigenvalue weighted by molar-refractivity contribution is 0.105. The highest BCUT2D eigenvalue weighted by atomic mass is 32.2. The Bertz CT molecular complexity index is 1530. The quantitative estimate of drug-likeness (QED) is 0.180. The Hall–Kier alpha value is -3.57. The zero-order valence-corrected chi connectivity index (χ0v) is 26.1. The number of hydrogen-bond donors (Lipinski definition) is 0. The van der Waals surface area contributed by atoms with Crippen molar-refractivity contribution in [2.45, 2.75) is 88.0 Å². The standard InChI is InChI=1S/C36H42O4S/c1-8-26(3)27-10-22-33(23-11-27)41(37,38)34-24-20-31(21-25-34)39-30-16-12-28(13-17-30)36(6,7)29-14-18-32(19-15-29)40-35(4,5)9-2/h10-26H,8-9H2,1-7H3. The van der Waals surface area contributed by atoms with Crippen LogP contribution in [0, 0.1) is 0 Å². The second-order valence-electron chi connectivity index (χ2n) is 11.8. The van der Waals surface area contributed by atoms with Crippen LogP contribution in [0.2, 0.25) is 0 Å². The second kappa shape index (κ2) is 12.1. The van der Waals surface area contributed by atoms with Crippen molar-refractivity contribution in [3.05, 3.63) is 114 Å². The first-order valence-corrected chi connectivity index (χ1v) is 15.9. The van der Waals surface area contributed by atoms with Crippen molar-refractivity contribution in [2.24, 2.45) is 0 Å². The van der Waals surface area contributed by atoms with Gasteiger partial charge in [0.2, 0.25) is 9.84 Å². The SMILES string of the molecule is CCC(C)c1ccc(S(=O)(=O)c2ccc(Oc3ccc(C(C)(C)c4ccc(OC(C)(C)CC)cc4)cc3)cc2)cc1. The molecule has 0 fully saturated rings. The van der Waals surface area contributed by atoms with Gasteiger partial charge in [-0.1, -0.05) is 71.0 Å². The van der Waals surface area contributed by atoms with E-state index >= 15 is 0 Å². The van der Waals surface area contributed by atoms with E-state index in [2.05, 4.69) is 72.7 Å². The highest BCUT2D eigenvalue weighted by Crippen LogP contribution is 2.35. The first kappa shape index (κ1) is 30.4. The van der Waals surface area contributed by atoms with Crippen LogP contribution >= 0.6 is 0 Å². The van der Waals surface area contributed by atoms with Gasteiger partial charge in [0.15, 0.2) is 0 Å². The lowest BCUT2D eigenvalue weighted by Gasteiger charge is -2.28. The minimum absolute atomic E-state index is 0.194. The van der Waals surface area contributed by atoms with E-state index in [4.69, 9.17) is 9.47 Å². The van der Waals surface area contributed by atoms with Crippen LogP contribution in [0.3, 0.4) is 0 Å². The smallest absolute Gasteiger partial charge is 0.206 e. The molecular weight excluding hydrogens is 528 g/mol. The fourth-order valence-electron chi connectivity index (χ4n) is 4.61. The van der Waals surface area contributed by atoms with Gasteiger partial charge >= 0.3 is 0 Å². The molecule has 0 saturated heterocycles. The lowest BCUT2D eigenvalue weighted by Crippen LogP contribution is -2.26. The van der Waals surface area contributed by atoms with Gasteiger partial charge in [-0.3, -0.25) is 0 Å². The van der Waals surface area contributed by atoms with Gasteiger partial charge in [0.1, 0.15) is 22.8 Å². The molecule has 0 aliphatic carbocycles. The first-order valence-electron chi connectivity index (χ1n) is 14.4. The van der Waals surface area contributed by atoms with Crippen LogP contribution in [-0.4, -0.2) is 14.0 Å². The maximum atomic E-state index is 13.1. The molecule has 0 heterocycles. The summed E-state index contributed by atoms with van der Waals surface area (Å²) < 4.78 is 38.4. The van der Waals surface area contributed by atoms with Crippen molar-refractivity contribution in [3.63, 3.8) is 0 Å². The molecule has 0 aliphatic rings. The summed E-state index contributed by atoms with van der Waals surface area (Å²) in [5, 5.41) is 0. The third kappa shape index (κ3) is 7.02. The van der Waals surface area contributed by atoms with Crippen molar-refractivity contribution in [3.8, 4) is 17.2 Å². The lowest BCUT2D eigenvalue weighted by atomic mass is 9.78. The van der Waals surface area contributed by atoms with Crippen LogP contribution in [0.25, 0.3) is 0 Å². The van der Waals surface area contributed by atoms with E-state index in [9.17, 15) is 8.42 Å². The summed E-state index contributed by atoms with van der Waals surface area (Å²) in [5.74, 6) is 2.53. The van der Waals surface area contributed by atoms with E-state index < -0.39 is 9.84 Å². The molecule has 1 unspecified atom stereocenters. The van der Waals surface area contributed by atoms with Gasteiger partial charge in [0, 0.05) is 5.41 Å². The van der Waals surface area contributed by atoms with E-state index in [0.717, 1.165) is 29.7 Å². The van der Waals surface area contributed by atoms with Crippen molar-refractivity contribution in [1.29, 1.82) is 0 Å². The Morgan fingerprint density at radius 1 is 0.634 bits per heavy atom. The minimum atomic E-state index is -3.60. The molecule has 0 saturated carbocycles. The molecular formula is C36H42O4S. The third-order valence-electron chi connectivity index (χ3n) is 8.14. The molecule has 0 aliphatic heterocycles. The number of hydrogen-bond acceptors (Lipinski definition) is 4. The van der Waals surface area contributed by atoms with Gasteiger partial charge in [-0.05, 0) is 110 Å². The molecule has 5 heteroatoms. The Morgan fingerprint density at radius 3 is 1.49 bits per heavy atom. The summed E-state index contributed by atoms with van der Waals surface area (Å²) in [6.45, 7) is 15.0. The van der Waals surface area contributed by atoms with Gasteiger partial charge in [-0.15, -0.1) is 0 Å². The van der Waals surface area contributed by atoms with Crippen molar-refractivity contribution >= 4 is 9.84 Å². The summed E-state index contributed by atoms with van der Waals surface area (Å²) in [5.41, 5.74) is 3.09. The number of sulfone groups is 1. The van der Waals surface area contributed by atoms with Crippen LogP contribution in [0.1, 0.15) is 83.9 Å². The first-order chi connectivity index (χ1) is 19.4. The number of rotatable bonds is 11. The largest absolute Gasteiger partial charge is 0.488 e. The second-order valence-corrected chi connectivity index (χ2v) is 13.8. The molecule has 0 N–H and O–H groups in total. The van der Waals surface area contributed by atoms with Crippen LogP contribution < -0.4 is 9.47 Å². The average molecular weight is 571 g/mol. The van der Waals surface area contributed by atoms with E-state index in [1.807, 2.05) is 36.4 Å². The van der Waals surface area contributed by atoms with Gasteiger partial charge < -0.3 is 9.47 Å². The van der Waals surface area contributed by atoms with Gasteiger partial charge in [0.05, 0.1) is 9.79 Å². The van der Waals surface area contributed by atoms with E-state index in [-0.39, 0.29) is 15.9 Å². The zero-order valence-electron chi connectivity index (χ0n) is 25.3. The Morgan fingerprint density at radius 2 is 1.05 bits per heavy atom. The topological polar surface area (TPSA) is 52.6 Å². The van der Waals surface area contributed by atoms with Crippen LogP contribution in [0.5, 0.6) is 17.2 Å². The fraction of sp³-hybridized carbons (Fsp3) is 0.333. The van der Waals surface area contributed by atoms with Gasteiger partial charge in [-0.2, -0.15) is 0 Å². The van der Waals surface area contributed by atoms with Crippen LogP contribution in [-0.2, 0) is 15.3 Å². The Kier molecular flexibility index (Phi) is 8.98. The maximum absolute atomic E-state index is 13.1. The fourth-order valence-corrected chi connectivity index (χ4v) is 5.87. The summed E-state index contributed by atoms with van der Waals surface area (Å²) in [4.78, 5) is 0.538. The highest BCUT2D eigenvalue weighted by Gasteiger charge is 2.24. The highest BCUT2D eigenvalue weighted by molar-refractivity contribution is 7.91. The van der Waals surface area contributed by atoms with Crippen LogP contribution in [0.15, 0.2) is 107 Å². The molecule has 0 amide bonds. The van der Waals surface area contributed by atoms with E-state index in [1.165, 1.54) is 5.56 Å². The average Bonchev–Trinajstić information content (AvgIpc) is 2.97. The maximum Gasteiger partial charge on any atom is 0.206 e. The van der Waals surface area contributed by atoms with E-state index in [1.54, 1.807) is 36.4 Å². The number of ether oxygens (including phenoxy) is 2. The van der Waals surface area contributed by atoms with Gasteiger partial charge in [-0.25, -0.2) is 8.42 Å². The minimum Gasteiger partial charge on any atom is -0.488 e. The van der Waals surface area contributed by atoms with Crippen molar-refractivity contribution in [1.82, 2.24) is 0 Å². The third-order valence-corrected chi connectivity index (χ3v) is 9.92. The number of benzene rings is 4. The molecule has 4 aromatic carbocycles. The normalized spacial score (nSPS) is 13.0. The molecule has 0 radical (unpaired) electrons. The molecule has 4 rings (SSSR count). The monoisotopic (exact) mass is 570 g/mol. The van der Waals surface area contributed by atoms with E-state index in [0.29, 0.717) is 22.3 Å². The molecule has 216 valence electrons. The summed E-state index contributed by atoms with van der Waals surface area (Å²) in [6.07, 6.45) is 1.94. The molecule has 4 nitrogen and oxygen atoms in total. The summed E-state index contributed by atoms with van der Waals surface area (Å²) in [6, 6.07) is 30.1. The molecule has 1 atom stereocenters. The van der Waals surface area contributed by atoms with Crippen molar-refractivity contribution in [2.75, 3.05) is 0 Å². The summed E-state index contributed by atoms with van der Waals surface area (Å²) in [7, 11) is -3.60. The molecule has 0 aromatic heterocycles. The molecule has 41 heavy (non-hydrogen) atoms. The predicted molar refractivity (Wildman–Crippen MR) is 167 cm³/mol. The molecule has 4 aromatic rings. The van der Waals surface area contributed by atoms with Gasteiger partial charge in [0.25, 0.3) is 0 Å². The zero-order chi connectivity index (χ0) is 29.8. The Labute approximate surface area is 246 Å². The predicted octanol–water partition coefficient (Wildman–Crippen LogP) is 9.72. The molecule has 0 spiro atoms. The van der Waals surface area contributed by atoms with Crippen LogP contribution in [0.4, 0.5) is 0 Å². The summed E-state index contributed by atoms with van der Waals surface area (Å²) >= 11 is 0. The van der Waals surface area contributed by atoms with Crippen molar-refractivity contribution < 1.29 is 17.9 Å².